The second-order valence-corrected chi connectivity index (χ2v) is 6.42. The molecular weight excluding hydrogens is 156 g/mol. The Bertz CT molecular complexity index is 187. The van der Waals surface area contributed by atoms with E-state index in [2.05, 4.69) is 47.6 Å². The SMILES string of the molecule is CC(C)(C)C(=CC1CC1)C(C)(C)C. The second-order valence-electron chi connectivity index (χ2n) is 6.42. The van der Waals surface area contributed by atoms with Crippen molar-refractivity contribution in [2.45, 2.75) is 54.4 Å². The summed E-state index contributed by atoms with van der Waals surface area (Å²) in [5.74, 6) is 0.897. The Morgan fingerprint density at radius 1 is 0.923 bits per heavy atom. The number of hydrogen-bond donors (Lipinski definition) is 0. The highest BCUT2D eigenvalue weighted by molar-refractivity contribution is 5.20. The Morgan fingerprint density at radius 3 is 1.54 bits per heavy atom. The van der Waals surface area contributed by atoms with Crippen LogP contribution in [-0.2, 0) is 0 Å². The monoisotopic (exact) mass is 180 g/mol. The first kappa shape index (κ1) is 10.8. The van der Waals surface area contributed by atoms with Crippen LogP contribution in [0.25, 0.3) is 0 Å². The third-order valence-electron chi connectivity index (χ3n) is 2.64. The van der Waals surface area contributed by atoms with Gasteiger partial charge >= 0.3 is 0 Å². The third-order valence-corrected chi connectivity index (χ3v) is 2.64. The van der Waals surface area contributed by atoms with Crippen LogP contribution < -0.4 is 0 Å². The molecule has 0 N–H and O–H groups in total. The smallest absolute Gasteiger partial charge is 0.0168 e. The van der Waals surface area contributed by atoms with E-state index < -0.39 is 0 Å². The molecule has 0 saturated heterocycles. The van der Waals surface area contributed by atoms with E-state index in [4.69, 9.17) is 0 Å². The van der Waals surface area contributed by atoms with E-state index in [0.717, 1.165) is 5.92 Å². The van der Waals surface area contributed by atoms with Crippen molar-refractivity contribution in [1.29, 1.82) is 0 Å². The molecule has 13 heavy (non-hydrogen) atoms. The Labute approximate surface area is 83.4 Å². The van der Waals surface area contributed by atoms with Crippen molar-refractivity contribution in [2.24, 2.45) is 16.7 Å². The molecule has 0 atom stereocenters. The zero-order chi connectivity index (χ0) is 10.3. The van der Waals surface area contributed by atoms with Gasteiger partial charge in [-0.1, -0.05) is 53.2 Å². The fourth-order valence-corrected chi connectivity index (χ4v) is 2.12. The van der Waals surface area contributed by atoms with E-state index in [1.165, 1.54) is 12.8 Å². The lowest BCUT2D eigenvalue weighted by molar-refractivity contribution is 0.359. The average Bonchev–Trinajstić information content (AvgIpc) is 2.58. The maximum Gasteiger partial charge on any atom is -0.0168 e. The normalized spacial score (nSPS) is 18.6. The van der Waals surface area contributed by atoms with Gasteiger partial charge in [0.15, 0.2) is 0 Å². The predicted molar refractivity (Wildman–Crippen MR) is 59.7 cm³/mol. The van der Waals surface area contributed by atoms with Crippen LogP contribution in [0.1, 0.15) is 54.4 Å². The van der Waals surface area contributed by atoms with Gasteiger partial charge < -0.3 is 0 Å². The molecule has 76 valence electrons. The predicted octanol–water partition coefficient (Wildman–Crippen LogP) is 4.42. The summed E-state index contributed by atoms with van der Waals surface area (Å²) in [6.07, 6.45) is 5.35. The first-order valence-electron chi connectivity index (χ1n) is 5.44. The van der Waals surface area contributed by atoms with Gasteiger partial charge in [0.05, 0.1) is 0 Å². The fraction of sp³-hybridized carbons (Fsp3) is 0.846. The summed E-state index contributed by atoms with van der Waals surface area (Å²) in [5.41, 5.74) is 2.30. The number of allylic oxidation sites excluding steroid dienone is 2. The van der Waals surface area contributed by atoms with Gasteiger partial charge in [0.1, 0.15) is 0 Å². The standard InChI is InChI=1S/C13H24/c1-12(2,3)11(13(4,5)6)9-10-7-8-10/h9-10H,7-8H2,1-6H3. The molecule has 1 aliphatic carbocycles. The molecule has 0 bridgehead atoms. The van der Waals surface area contributed by atoms with Gasteiger partial charge in [-0.3, -0.25) is 0 Å². The van der Waals surface area contributed by atoms with E-state index in [1.54, 1.807) is 5.57 Å². The zero-order valence-corrected chi connectivity index (χ0v) is 10.1. The van der Waals surface area contributed by atoms with Crippen LogP contribution >= 0.6 is 0 Å². The molecule has 0 radical (unpaired) electrons. The number of hydrogen-bond acceptors (Lipinski definition) is 0. The summed E-state index contributed by atoms with van der Waals surface area (Å²) in [6.45, 7) is 14.0. The molecule has 0 aromatic carbocycles. The van der Waals surface area contributed by atoms with Crippen LogP contribution in [0.15, 0.2) is 11.6 Å². The van der Waals surface area contributed by atoms with E-state index >= 15 is 0 Å². The Morgan fingerprint density at radius 2 is 1.31 bits per heavy atom. The lowest BCUT2D eigenvalue weighted by Crippen LogP contribution is -2.22. The highest BCUT2D eigenvalue weighted by Crippen LogP contribution is 2.43. The lowest BCUT2D eigenvalue weighted by Gasteiger charge is -2.34. The molecule has 0 spiro atoms. The topological polar surface area (TPSA) is 0 Å². The van der Waals surface area contributed by atoms with Crippen LogP contribution in [0.4, 0.5) is 0 Å². The maximum absolute atomic E-state index is 2.53. The van der Waals surface area contributed by atoms with Gasteiger partial charge in [-0.25, -0.2) is 0 Å². The molecule has 1 saturated carbocycles. The van der Waals surface area contributed by atoms with Crippen molar-refractivity contribution in [3.05, 3.63) is 11.6 Å². The highest BCUT2D eigenvalue weighted by atomic mass is 14.4. The van der Waals surface area contributed by atoms with Gasteiger partial charge in [0.2, 0.25) is 0 Å². The summed E-state index contributed by atoms with van der Waals surface area (Å²) in [5, 5.41) is 0. The summed E-state index contributed by atoms with van der Waals surface area (Å²) in [4.78, 5) is 0. The third kappa shape index (κ3) is 3.17. The van der Waals surface area contributed by atoms with Crippen molar-refractivity contribution in [2.75, 3.05) is 0 Å². The van der Waals surface area contributed by atoms with Crippen LogP contribution in [-0.4, -0.2) is 0 Å². The number of rotatable bonds is 1. The quantitative estimate of drug-likeness (QED) is 0.524. The van der Waals surface area contributed by atoms with Crippen LogP contribution in [0, 0.1) is 16.7 Å². The zero-order valence-electron chi connectivity index (χ0n) is 10.1. The van der Waals surface area contributed by atoms with Gasteiger partial charge in [-0.15, -0.1) is 0 Å². The van der Waals surface area contributed by atoms with E-state index in [-0.39, 0.29) is 0 Å². The maximum atomic E-state index is 2.53. The van der Waals surface area contributed by atoms with Crippen molar-refractivity contribution < 1.29 is 0 Å². The molecule has 0 amide bonds. The molecular formula is C13H24. The van der Waals surface area contributed by atoms with Crippen molar-refractivity contribution in [3.63, 3.8) is 0 Å². The van der Waals surface area contributed by atoms with Crippen molar-refractivity contribution >= 4 is 0 Å². The van der Waals surface area contributed by atoms with Crippen LogP contribution in [0.3, 0.4) is 0 Å². The molecule has 1 fully saturated rings. The largest absolute Gasteiger partial charge is 0.0812 e. The molecule has 0 heteroatoms. The molecule has 0 unspecified atom stereocenters. The van der Waals surface area contributed by atoms with Gasteiger partial charge in [-0.2, -0.15) is 0 Å². The molecule has 0 aromatic rings. The summed E-state index contributed by atoms with van der Waals surface area (Å²) in [6, 6.07) is 0. The van der Waals surface area contributed by atoms with Gasteiger partial charge in [-0.05, 0) is 29.6 Å². The van der Waals surface area contributed by atoms with Gasteiger partial charge in [0, 0.05) is 0 Å². The summed E-state index contributed by atoms with van der Waals surface area (Å²) < 4.78 is 0. The van der Waals surface area contributed by atoms with Crippen LogP contribution in [0.5, 0.6) is 0 Å². The van der Waals surface area contributed by atoms with E-state index in [9.17, 15) is 0 Å². The average molecular weight is 180 g/mol. The second kappa shape index (κ2) is 3.15. The summed E-state index contributed by atoms with van der Waals surface area (Å²) >= 11 is 0. The molecule has 1 rings (SSSR count). The molecule has 0 heterocycles. The molecule has 0 aliphatic heterocycles. The Balaban J connectivity index is 2.88. The first-order chi connectivity index (χ1) is 5.71. The Hall–Kier alpha value is -0.260. The molecule has 0 nitrogen and oxygen atoms in total. The minimum atomic E-state index is 0.334. The summed E-state index contributed by atoms with van der Waals surface area (Å²) in [7, 11) is 0. The first-order valence-corrected chi connectivity index (χ1v) is 5.44. The fourth-order valence-electron chi connectivity index (χ4n) is 2.12. The van der Waals surface area contributed by atoms with E-state index in [0.29, 0.717) is 10.8 Å². The van der Waals surface area contributed by atoms with Crippen LogP contribution in [0.2, 0.25) is 0 Å². The minimum Gasteiger partial charge on any atom is -0.0812 e. The van der Waals surface area contributed by atoms with Gasteiger partial charge in [0.25, 0.3) is 0 Å². The van der Waals surface area contributed by atoms with Crippen molar-refractivity contribution in [3.8, 4) is 0 Å². The van der Waals surface area contributed by atoms with E-state index in [1.807, 2.05) is 0 Å². The van der Waals surface area contributed by atoms with Crippen molar-refractivity contribution in [1.82, 2.24) is 0 Å². The molecule has 1 aliphatic rings. The molecule has 0 aromatic heterocycles. The minimum absolute atomic E-state index is 0.334. The highest BCUT2D eigenvalue weighted by Gasteiger charge is 2.30. The Kier molecular flexibility index (Phi) is 2.62. The lowest BCUT2D eigenvalue weighted by atomic mass is 9.71.